The summed E-state index contributed by atoms with van der Waals surface area (Å²) in [6.45, 7) is 6.12. The Hall–Kier alpha value is -3.88. The summed E-state index contributed by atoms with van der Waals surface area (Å²) in [5.41, 5.74) is 3.81. The Balaban J connectivity index is 1.74. The lowest BCUT2D eigenvalue weighted by Crippen LogP contribution is -2.31. The van der Waals surface area contributed by atoms with Crippen LogP contribution in [0.5, 0.6) is 11.5 Å². The third kappa shape index (κ3) is 3.89. The molecule has 2 N–H and O–H groups in total. The molecule has 4 rings (SSSR count). The second-order valence-corrected chi connectivity index (χ2v) is 7.85. The Morgan fingerprint density at radius 2 is 1.88 bits per heavy atom. The van der Waals surface area contributed by atoms with Gasteiger partial charge in [-0.2, -0.15) is 4.68 Å². The van der Waals surface area contributed by atoms with Crippen molar-refractivity contribution in [3.05, 3.63) is 64.9 Å². The molecule has 2 aromatic carbocycles. The number of benzene rings is 2. The van der Waals surface area contributed by atoms with Crippen molar-refractivity contribution in [1.29, 1.82) is 0 Å². The number of fused-ring (bicyclic) bond motifs is 1. The van der Waals surface area contributed by atoms with E-state index in [1.807, 2.05) is 19.1 Å². The van der Waals surface area contributed by atoms with Crippen LogP contribution in [0, 0.1) is 0 Å². The molecule has 1 aliphatic rings. The highest BCUT2D eigenvalue weighted by Crippen LogP contribution is 2.36. The Labute approximate surface area is 186 Å². The van der Waals surface area contributed by atoms with Crippen molar-refractivity contribution in [2.75, 3.05) is 24.9 Å². The number of hydrogen-bond acceptors (Lipinski definition) is 7. The summed E-state index contributed by atoms with van der Waals surface area (Å²) in [6.07, 6.45) is 0. The number of rotatable bonds is 6. The van der Waals surface area contributed by atoms with Crippen LogP contribution in [0.15, 0.2) is 53.7 Å². The molecular weight excluding hydrogens is 408 g/mol. The number of carbonyl (C=O) groups is 1. The van der Waals surface area contributed by atoms with Crippen LogP contribution in [0.4, 0.5) is 11.6 Å². The number of amides is 1. The molecule has 1 aliphatic heterocycles. The van der Waals surface area contributed by atoms with Crippen molar-refractivity contribution in [3.8, 4) is 11.5 Å². The molecule has 1 atom stereocenters. The minimum absolute atomic E-state index is 0.291. The summed E-state index contributed by atoms with van der Waals surface area (Å²) >= 11 is 0. The topological polar surface area (TPSA) is 103 Å². The van der Waals surface area contributed by atoms with Gasteiger partial charge in [-0.3, -0.25) is 4.79 Å². The zero-order valence-corrected chi connectivity index (χ0v) is 18.7. The smallest absolute Gasteiger partial charge is 0.255 e. The van der Waals surface area contributed by atoms with Gasteiger partial charge in [-0.1, -0.05) is 43.2 Å². The number of nitrogens with one attached hydrogen (secondary N) is 2. The number of allylic oxidation sites excluding steroid dienone is 1. The van der Waals surface area contributed by atoms with Crippen LogP contribution < -0.4 is 20.1 Å². The van der Waals surface area contributed by atoms with E-state index >= 15 is 0 Å². The van der Waals surface area contributed by atoms with E-state index in [-0.39, 0.29) is 5.91 Å². The van der Waals surface area contributed by atoms with Crippen LogP contribution in [0.25, 0.3) is 0 Å². The maximum absolute atomic E-state index is 13.5. The number of nitrogens with zero attached hydrogens (tertiary/aromatic N) is 4. The van der Waals surface area contributed by atoms with Crippen molar-refractivity contribution in [3.63, 3.8) is 0 Å². The summed E-state index contributed by atoms with van der Waals surface area (Å²) in [5.74, 6) is 1.73. The monoisotopic (exact) mass is 434 g/mol. The minimum Gasteiger partial charge on any atom is -0.497 e. The number of aromatic nitrogens is 4. The van der Waals surface area contributed by atoms with Crippen molar-refractivity contribution in [2.24, 2.45) is 0 Å². The highest BCUT2D eigenvalue weighted by atomic mass is 16.5. The first-order chi connectivity index (χ1) is 15.4. The third-order valence-electron chi connectivity index (χ3n) is 5.53. The number of methoxy groups -OCH3 is 2. The summed E-state index contributed by atoms with van der Waals surface area (Å²) in [4.78, 5) is 13.5. The van der Waals surface area contributed by atoms with E-state index in [0.717, 1.165) is 5.56 Å². The largest absolute Gasteiger partial charge is 0.497 e. The molecule has 0 bridgehead atoms. The van der Waals surface area contributed by atoms with Gasteiger partial charge in [0, 0.05) is 11.8 Å². The van der Waals surface area contributed by atoms with Gasteiger partial charge in [0.25, 0.3) is 5.91 Å². The van der Waals surface area contributed by atoms with E-state index < -0.39 is 6.04 Å². The molecular formula is C23H26N6O3. The molecule has 32 heavy (non-hydrogen) atoms. The van der Waals surface area contributed by atoms with Crippen LogP contribution in [-0.4, -0.2) is 40.3 Å². The van der Waals surface area contributed by atoms with E-state index in [2.05, 4.69) is 52.1 Å². The Kier molecular flexibility index (Phi) is 5.81. The quantitative estimate of drug-likeness (QED) is 0.609. The van der Waals surface area contributed by atoms with Crippen LogP contribution >= 0.6 is 0 Å². The average molecular weight is 435 g/mol. The second-order valence-electron chi connectivity index (χ2n) is 7.85. The van der Waals surface area contributed by atoms with Gasteiger partial charge in [-0.25, -0.2) is 0 Å². The van der Waals surface area contributed by atoms with Crippen LogP contribution in [0.2, 0.25) is 0 Å². The maximum atomic E-state index is 13.5. The van der Waals surface area contributed by atoms with E-state index in [4.69, 9.17) is 9.47 Å². The molecule has 0 fully saturated rings. The Bertz CT molecular complexity index is 1170. The fraction of sp³-hybridized carbons (Fsp3) is 0.304. The third-order valence-corrected chi connectivity index (χ3v) is 5.53. The lowest BCUT2D eigenvalue weighted by atomic mass is 9.92. The zero-order chi connectivity index (χ0) is 22.8. The fourth-order valence-corrected chi connectivity index (χ4v) is 3.78. The summed E-state index contributed by atoms with van der Waals surface area (Å²) in [7, 11) is 3.12. The zero-order valence-electron chi connectivity index (χ0n) is 18.7. The molecule has 0 unspecified atom stereocenters. The number of carbonyl (C=O) groups excluding carboxylic acids is 1. The lowest BCUT2D eigenvalue weighted by molar-refractivity contribution is -0.113. The van der Waals surface area contributed by atoms with E-state index in [1.54, 1.807) is 37.1 Å². The predicted molar refractivity (Wildman–Crippen MR) is 121 cm³/mol. The van der Waals surface area contributed by atoms with Crippen LogP contribution in [-0.2, 0) is 4.79 Å². The number of ether oxygens (including phenoxy) is 2. The molecule has 166 valence electrons. The Morgan fingerprint density at radius 3 is 2.53 bits per heavy atom. The maximum Gasteiger partial charge on any atom is 0.255 e. The normalized spacial score (nSPS) is 15.2. The minimum atomic E-state index is -0.487. The first-order valence-electron chi connectivity index (χ1n) is 10.3. The number of tetrazole rings is 1. The average Bonchev–Trinajstić information content (AvgIpc) is 3.26. The highest BCUT2D eigenvalue weighted by Gasteiger charge is 2.34. The van der Waals surface area contributed by atoms with E-state index in [0.29, 0.717) is 40.3 Å². The standard InChI is InChI=1S/C23H26N6O3/c1-13(2)15-6-8-16(9-7-15)21-20(14(3)24-23-26-27-28-29(21)23)22(30)25-18-12-17(31-4)10-11-19(18)32-5/h6-13,21H,1-5H3,(H,25,30)(H,24,26,28)/t21-/m0/s1. The van der Waals surface area contributed by atoms with Crippen molar-refractivity contribution < 1.29 is 14.3 Å². The molecule has 0 radical (unpaired) electrons. The molecule has 0 saturated carbocycles. The molecule has 9 nitrogen and oxygen atoms in total. The fourth-order valence-electron chi connectivity index (χ4n) is 3.78. The van der Waals surface area contributed by atoms with Gasteiger partial charge in [0.2, 0.25) is 5.95 Å². The van der Waals surface area contributed by atoms with Crippen LogP contribution in [0.3, 0.4) is 0 Å². The van der Waals surface area contributed by atoms with Gasteiger partial charge in [0.05, 0.1) is 25.5 Å². The molecule has 1 amide bonds. The van der Waals surface area contributed by atoms with Gasteiger partial charge in [0.1, 0.15) is 17.5 Å². The summed E-state index contributed by atoms with van der Waals surface area (Å²) in [5, 5.41) is 18.1. The summed E-state index contributed by atoms with van der Waals surface area (Å²) < 4.78 is 12.3. The Morgan fingerprint density at radius 1 is 1.12 bits per heavy atom. The van der Waals surface area contributed by atoms with Gasteiger partial charge < -0.3 is 20.1 Å². The summed E-state index contributed by atoms with van der Waals surface area (Å²) in [6, 6.07) is 12.9. The SMILES string of the molecule is COc1ccc(OC)c(NC(=O)C2=C(C)Nc3nnnn3[C@H]2c2ccc(C(C)C)cc2)c1. The van der Waals surface area contributed by atoms with Gasteiger partial charge in [0.15, 0.2) is 0 Å². The van der Waals surface area contributed by atoms with Gasteiger partial charge in [-0.15, -0.1) is 0 Å². The van der Waals surface area contributed by atoms with Gasteiger partial charge in [-0.05, 0) is 46.5 Å². The molecule has 3 aromatic rings. The molecule has 1 aromatic heterocycles. The number of hydrogen-bond donors (Lipinski definition) is 2. The highest BCUT2D eigenvalue weighted by molar-refractivity contribution is 6.06. The van der Waals surface area contributed by atoms with E-state index in [1.165, 1.54) is 5.56 Å². The molecule has 0 spiro atoms. The predicted octanol–water partition coefficient (Wildman–Crippen LogP) is 3.74. The molecule has 0 aliphatic carbocycles. The van der Waals surface area contributed by atoms with Crippen molar-refractivity contribution in [1.82, 2.24) is 20.2 Å². The van der Waals surface area contributed by atoms with Crippen molar-refractivity contribution in [2.45, 2.75) is 32.7 Å². The number of anilines is 2. The second kappa shape index (κ2) is 8.70. The van der Waals surface area contributed by atoms with Crippen LogP contribution in [0.1, 0.15) is 43.9 Å². The van der Waals surface area contributed by atoms with Crippen molar-refractivity contribution >= 4 is 17.5 Å². The van der Waals surface area contributed by atoms with E-state index in [9.17, 15) is 4.79 Å². The lowest BCUT2D eigenvalue weighted by Gasteiger charge is -2.28. The first kappa shape index (κ1) is 21.4. The molecule has 0 saturated heterocycles. The molecule has 9 heteroatoms. The molecule has 2 heterocycles. The first-order valence-corrected chi connectivity index (χ1v) is 10.3. The van der Waals surface area contributed by atoms with Gasteiger partial charge >= 0.3 is 0 Å².